The van der Waals surface area contributed by atoms with Crippen LogP contribution >= 0.6 is 11.6 Å². The highest BCUT2D eigenvalue weighted by Gasteiger charge is 2.42. The fraction of sp³-hybridized carbons (Fsp3) is 0.231. The van der Waals surface area contributed by atoms with Gasteiger partial charge in [-0.05, 0) is 55.0 Å². The van der Waals surface area contributed by atoms with Gasteiger partial charge in [-0.2, -0.15) is 0 Å². The standard InChI is InChI=1S/C26H24ClFN2O4/c1-33-18-10-8-17(9-11-18)30-24(31)14-12-20(25(30)19-5-3-4-6-23(19)34-2)26(32)29-22-13-7-16(28)15-21(22)27/h3-11,13,15,20,25H,12,14H2,1-2H3,(H,29,32). The fourth-order valence-electron chi connectivity index (χ4n) is 4.30. The van der Waals surface area contributed by atoms with Gasteiger partial charge in [-0.25, -0.2) is 4.39 Å². The van der Waals surface area contributed by atoms with Crippen LogP contribution in [-0.4, -0.2) is 26.0 Å². The Morgan fingerprint density at radius 3 is 2.47 bits per heavy atom. The number of carbonyl (C=O) groups excluding carboxylic acids is 2. The molecule has 1 saturated heterocycles. The zero-order valence-corrected chi connectivity index (χ0v) is 19.5. The number of halogens is 2. The van der Waals surface area contributed by atoms with Gasteiger partial charge in [0.15, 0.2) is 0 Å². The van der Waals surface area contributed by atoms with Gasteiger partial charge in [0, 0.05) is 17.7 Å². The topological polar surface area (TPSA) is 67.9 Å². The lowest BCUT2D eigenvalue weighted by atomic mass is 9.82. The number of carbonyl (C=O) groups is 2. The maximum absolute atomic E-state index is 13.5. The number of hydrogen-bond acceptors (Lipinski definition) is 4. The van der Waals surface area contributed by atoms with Gasteiger partial charge in [0.1, 0.15) is 17.3 Å². The molecule has 1 aliphatic heterocycles. The van der Waals surface area contributed by atoms with Gasteiger partial charge in [-0.1, -0.05) is 29.8 Å². The first kappa shape index (κ1) is 23.6. The van der Waals surface area contributed by atoms with Crippen LogP contribution in [0.2, 0.25) is 5.02 Å². The lowest BCUT2D eigenvalue weighted by Gasteiger charge is -2.41. The minimum absolute atomic E-state index is 0.0982. The molecule has 0 bridgehead atoms. The highest BCUT2D eigenvalue weighted by Crippen LogP contribution is 2.44. The second-order valence-corrected chi connectivity index (χ2v) is 8.31. The van der Waals surface area contributed by atoms with Crippen molar-refractivity contribution < 1.29 is 23.5 Å². The van der Waals surface area contributed by atoms with Crippen LogP contribution < -0.4 is 19.7 Å². The zero-order chi connectivity index (χ0) is 24.2. The average Bonchev–Trinajstić information content (AvgIpc) is 2.85. The molecule has 1 fully saturated rings. The predicted molar refractivity (Wildman–Crippen MR) is 129 cm³/mol. The van der Waals surface area contributed by atoms with E-state index in [9.17, 15) is 14.0 Å². The highest BCUT2D eigenvalue weighted by molar-refractivity contribution is 6.33. The summed E-state index contributed by atoms with van der Waals surface area (Å²) in [6.45, 7) is 0. The van der Waals surface area contributed by atoms with Crippen molar-refractivity contribution in [2.75, 3.05) is 24.4 Å². The number of nitrogens with one attached hydrogen (secondary N) is 1. The fourth-order valence-corrected chi connectivity index (χ4v) is 4.51. The van der Waals surface area contributed by atoms with Crippen LogP contribution in [0.3, 0.4) is 0 Å². The molecule has 34 heavy (non-hydrogen) atoms. The van der Waals surface area contributed by atoms with E-state index in [-0.39, 0.29) is 23.3 Å². The SMILES string of the molecule is COc1ccc(N2C(=O)CCC(C(=O)Nc3ccc(F)cc3Cl)C2c2ccccc2OC)cc1. The molecule has 0 aromatic heterocycles. The summed E-state index contributed by atoms with van der Waals surface area (Å²) >= 11 is 6.14. The number of piperidine rings is 1. The number of nitrogens with zero attached hydrogens (tertiary/aromatic N) is 1. The molecule has 6 nitrogen and oxygen atoms in total. The lowest BCUT2D eigenvalue weighted by Crippen LogP contribution is -2.47. The second-order valence-electron chi connectivity index (χ2n) is 7.91. The summed E-state index contributed by atoms with van der Waals surface area (Å²) in [5, 5.41) is 2.91. The second kappa shape index (κ2) is 10.1. The van der Waals surface area contributed by atoms with E-state index in [0.29, 0.717) is 34.9 Å². The number of para-hydroxylation sites is 1. The molecule has 3 aromatic rings. The number of anilines is 2. The summed E-state index contributed by atoms with van der Waals surface area (Å²) in [7, 11) is 3.12. The Hall–Kier alpha value is -3.58. The monoisotopic (exact) mass is 482 g/mol. The molecular formula is C26H24ClFN2O4. The molecule has 0 spiro atoms. The summed E-state index contributed by atoms with van der Waals surface area (Å²) in [6.07, 6.45) is 0.520. The molecule has 4 rings (SSSR count). The quantitative estimate of drug-likeness (QED) is 0.495. The Bertz CT molecular complexity index is 1200. The molecular weight excluding hydrogens is 459 g/mol. The molecule has 3 aromatic carbocycles. The first-order chi connectivity index (χ1) is 16.4. The third-order valence-corrected chi connectivity index (χ3v) is 6.24. The van der Waals surface area contributed by atoms with Gasteiger partial charge in [-0.3, -0.25) is 9.59 Å². The van der Waals surface area contributed by atoms with Crippen LogP contribution in [0, 0.1) is 11.7 Å². The van der Waals surface area contributed by atoms with Crippen LogP contribution in [0.25, 0.3) is 0 Å². The van der Waals surface area contributed by atoms with E-state index >= 15 is 0 Å². The molecule has 0 radical (unpaired) electrons. The van der Waals surface area contributed by atoms with E-state index in [1.807, 2.05) is 18.2 Å². The maximum atomic E-state index is 13.5. The number of amides is 2. The Kier molecular flexibility index (Phi) is 7.03. The number of methoxy groups -OCH3 is 2. The first-order valence-electron chi connectivity index (χ1n) is 10.8. The van der Waals surface area contributed by atoms with Gasteiger partial charge >= 0.3 is 0 Å². The minimum Gasteiger partial charge on any atom is -0.497 e. The van der Waals surface area contributed by atoms with Crippen molar-refractivity contribution in [1.82, 2.24) is 0 Å². The average molecular weight is 483 g/mol. The molecule has 2 amide bonds. The van der Waals surface area contributed by atoms with E-state index in [0.717, 1.165) is 6.07 Å². The van der Waals surface area contributed by atoms with Gasteiger partial charge in [0.05, 0.1) is 36.9 Å². The Labute approximate surface area is 202 Å². The molecule has 1 heterocycles. The maximum Gasteiger partial charge on any atom is 0.229 e. The van der Waals surface area contributed by atoms with Gasteiger partial charge in [0.25, 0.3) is 0 Å². The summed E-state index contributed by atoms with van der Waals surface area (Å²) in [6, 6.07) is 17.6. The van der Waals surface area contributed by atoms with Crippen molar-refractivity contribution in [3.63, 3.8) is 0 Å². The van der Waals surface area contributed by atoms with Gasteiger partial charge in [0.2, 0.25) is 11.8 Å². The smallest absolute Gasteiger partial charge is 0.229 e. The van der Waals surface area contributed by atoms with E-state index in [1.165, 1.54) is 12.1 Å². The zero-order valence-electron chi connectivity index (χ0n) is 18.8. The van der Waals surface area contributed by atoms with Crippen LogP contribution in [-0.2, 0) is 9.59 Å². The number of hydrogen-bond donors (Lipinski definition) is 1. The Morgan fingerprint density at radius 2 is 1.79 bits per heavy atom. The Morgan fingerprint density at radius 1 is 1.06 bits per heavy atom. The van der Waals surface area contributed by atoms with Crippen LogP contribution in [0.1, 0.15) is 24.4 Å². The summed E-state index contributed by atoms with van der Waals surface area (Å²) < 4.78 is 24.3. The third-order valence-electron chi connectivity index (χ3n) is 5.93. The van der Waals surface area contributed by atoms with Crippen molar-refractivity contribution >= 4 is 34.8 Å². The van der Waals surface area contributed by atoms with Gasteiger partial charge < -0.3 is 19.7 Å². The van der Waals surface area contributed by atoms with Crippen LogP contribution in [0.5, 0.6) is 11.5 Å². The molecule has 2 atom stereocenters. The summed E-state index contributed by atoms with van der Waals surface area (Å²) in [5.41, 5.74) is 1.65. The van der Waals surface area contributed by atoms with Crippen molar-refractivity contribution in [2.24, 2.45) is 5.92 Å². The summed E-state index contributed by atoms with van der Waals surface area (Å²) in [4.78, 5) is 28.4. The van der Waals surface area contributed by atoms with E-state index in [4.69, 9.17) is 21.1 Å². The van der Waals surface area contributed by atoms with Crippen molar-refractivity contribution in [1.29, 1.82) is 0 Å². The first-order valence-corrected chi connectivity index (χ1v) is 11.2. The highest BCUT2D eigenvalue weighted by atomic mass is 35.5. The van der Waals surface area contributed by atoms with Gasteiger partial charge in [-0.15, -0.1) is 0 Å². The third kappa shape index (κ3) is 4.70. The molecule has 8 heteroatoms. The molecule has 2 unspecified atom stereocenters. The molecule has 176 valence electrons. The molecule has 1 aliphatic rings. The molecule has 1 N–H and O–H groups in total. The largest absolute Gasteiger partial charge is 0.497 e. The molecule has 0 aliphatic carbocycles. The van der Waals surface area contributed by atoms with E-state index < -0.39 is 17.8 Å². The minimum atomic E-state index is -0.634. The lowest BCUT2D eigenvalue weighted by molar-refractivity contribution is -0.126. The van der Waals surface area contributed by atoms with Crippen LogP contribution in [0.4, 0.5) is 15.8 Å². The normalized spacial score (nSPS) is 17.9. The van der Waals surface area contributed by atoms with E-state index in [1.54, 1.807) is 49.5 Å². The Balaban J connectivity index is 1.77. The van der Waals surface area contributed by atoms with Crippen LogP contribution in [0.15, 0.2) is 66.7 Å². The van der Waals surface area contributed by atoms with Crippen molar-refractivity contribution in [2.45, 2.75) is 18.9 Å². The van der Waals surface area contributed by atoms with Crippen molar-refractivity contribution in [3.05, 3.63) is 83.1 Å². The number of rotatable bonds is 6. The summed E-state index contributed by atoms with van der Waals surface area (Å²) in [5.74, 6) is -0.318. The van der Waals surface area contributed by atoms with Crippen molar-refractivity contribution in [3.8, 4) is 11.5 Å². The number of ether oxygens (including phenoxy) is 2. The molecule has 0 saturated carbocycles. The number of benzene rings is 3. The van der Waals surface area contributed by atoms with E-state index in [2.05, 4.69) is 5.32 Å². The predicted octanol–water partition coefficient (Wildman–Crippen LogP) is 5.62.